The van der Waals surface area contributed by atoms with Crippen LogP contribution >= 0.6 is 11.6 Å². The highest BCUT2D eigenvalue weighted by Gasteiger charge is 2.26. The van der Waals surface area contributed by atoms with E-state index in [1.54, 1.807) is 0 Å². The van der Waals surface area contributed by atoms with Gasteiger partial charge in [-0.2, -0.15) is 0 Å². The largest absolute Gasteiger partial charge is 0.316 e. The standard InChI is InChI=1S/C12H17ClN2/c13-12-14-10-7-4-8-11(10)15(12)9-5-2-1-3-6-9/h9H,1-8H2. The van der Waals surface area contributed by atoms with Gasteiger partial charge in [0.25, 0.3) is 0 Å². The summed E-state index contributed by atoms with van der Waals surface area (Å²) < 4.78 is 2.34. The Labute approximate surface area is 95.6 Å². The highest BCUT2D eigenvalue weighted by Crippen LogP contribution is 2.35. The van der Waals surface area contributed by atoms with Crippen LogP contribution in [-0.2, 0) is 12.8 Å². The van der Waals surface area contributed by atoms with Crippen LogP contribution in [0.25, 0.3) is 0 Å². The van der Waals surface area contributed by atoms with Crippen LogP contribution in [0.15, 0.2) is 0 Å². The second-order valence-corrected chi connectivity index (χ2v) is 5.13. The molecule has 0 radical (unpaired) electrons. The lowest BCUT2D eigenvalue weighted by Crippen LogP contribution is -2.15. The van der Waals surface area contributed by atoms with Gasteiger partial charge in [-0.15, -0.1) is 0 Å². The second kappa shape index (κ2) is 3.82. The average Bonchev–Trinajstić information content (AvgIpc) is 2.78. The first kappa shape index (κ1) is 9.71. The molecule has 15 heavy (non-hydrogen) atoms. The number of fused-ring (bicyclic) bond motifs is 1. The van der Waals surface area contributed by atoms with E-state index in [1.165, 1.54) is 56.3 Å². The summed E-state index contributed by atoms with van der Waals surface area (Å²) in [4.78, 5) is 4.49. The zero-order valence-corrected chi connectivity index (χ0v) is 9.76. The minimum atomic E-state index is 0.639. The molecule has 1 fully saturated rings. The Morgan fingerprint density at radius 2 is 1.87 bits per heavy atom. The SMILES string of the molecule is Clc1nc2c(n1C1CCCCC1)CCC2. The van der Waals surface area contributed by atoms with Gasteiger partial charge in [0.1, 0.15) is 0 Å². The predicted octanol–water partition coefficient (Wildman–Crippen LogP) is 3.53. The highest BCUT2D eigenvalue weighted by atomic mass is 35.5. The minimum Gasteiger partial charge on any atom is -0.316 e. The summed E-state index contributed by atoms with van der Waals surface area (Å²) >= 11 is 6.25. The molecule has 2 nitrogen and oxygen atoms in total. The fourth-order valence-corrected chi connectivity index (χ4v) is 3.42. The van der Waals surface area contributed by atoms with Gasteiger partial charge in [0.05, 0.1) is 5.69 Å². The number of hydrogen-bond acceptors (Lipinski definition) is 1. The van der Waals surface area contributed by atoms with Gasteiger partial charge in [-0.05, 0) is 43.7 Å². The number of hydrogen-bond donors (Lipinski definition) is 0. The molecule has 0 atom stereocenters. The molecular weight excluding hydrogens is 208 g/mol. The smallest absolute Gasteiger partial charge is 0.203 e. The lowest BCUT2D eigenvalue weighted by molar-refractivity contribution is 0.347. The van der Waals surface area contributed by atoms with Crippen molar-refractivity contribution in [1.29, 1.82) is 0 Å². The minimum absolute atomic E-state index is 0.639. The van der Waals surface area contributed by atoms with E-state index < -0.39 is 0 Å². The summed E-state index contributed by atoms with van der Waals surface area (Å²) in [5, 5.41) is 0.742. The number of aromatic nitrogens is 2. The molecular formula is C12H17ClN2. The number of aryl methyl sites for hydroxylation is 1. The summed E-state index contributed by atoms with van der Waals surface area (Å²) in [5.74, 6) is 0. The van der Waals surface area contributed by atoms with Gasteiger partial charge >= 0.3 is 0 Å². The molecule has 0 N–H and O–H groups in total. The highest BCUT2D eigenvalue weighted by molar-refractivity contribution is 6.28. The Morgan fingerprint density at radius 3 is 2.67 bits per heavy atom. The number of imidazole rings is 1. The van der Waals surface area contributed by atoms with E-state index in [9.17, 15) is 0 Å². The molecule has 0 saturated heterocycles. The lowest BCUT2D eigenvalue weighted by atomic mass is 9.95. The molecule has 2 aliphatic carbocycles. The maximum absolute atomic E-state index is 6.25. The first-order valence-electron chi connectivity index (χ1n) is 6.12. The van der Waals surface area contributed by atoms with E-state index in [4.69, 9.17) is 11.6 Å². The van der Waals surface area contributed by atoms with Gasteiger partial charge in [-0.25, -0.2) is 4.98 Å². The van der Waals surface area contributed by atoms with Crippen molar-refractivity contribution in [3.8, 4) is 0 Å². The van der Waals surface area contributed by atoms with Crippen LogP contribution in [0.4, 0.5) is 0 Å². The predicted molar refractivity (Wildman–Crippen MR) is 61.4 cm³/mol. The van der Waals surface area contributed by atoms with E-state index in [0.717, 1.165) is 11.7 Å². The Bertz CT molecular complexity index is 364. The van der Waals surface area contributed by atoms with Crippen LogP contribution < -0.4 is 0 Å². The van der Waals surface area contributed by atoms with Crippen LogP contribution in [-0.4, -0.2) is 9.55 Å². The van der Waals surface area contributed by atoms with Crippen molar-refractivity contribution >= 4 is 11.6 Å². The summed E-state index contributed by atoms with van der Waals surface area (Å²) in [6.07, 6.45) is 10.3. The average molecular weight is 225 g/mol. The molecule has 0 amide bonds. The summed E-state index contributed by atoms with van der Waals surface area (Å²) in [6, 6.07) is 0.639. The topological polar surface area (TPSA) is 17.8 Å². The van der Waals surface area contributed by atoms with Gasteiger partial charge < -0.3 is 4.57 Å². The Balaban J connectivity index is 1.95. The van der Waals surface area contributed by atoms with Gasteiger partial charge in [0, 0.05) is 11.7 Å². The van der Waals surface area contributed by atoms with Crippen LogP contribution in [0.2, 0.25) is 5.28 Å². The van der Waals surface area contributed by atoms with Crippen molar-refractivity contribution in [2.45, 2.75) is 57.4 Å². The Hall–Kier alpha value is -0.500. The van der Waals surface area contributed by atoms with Gasteiger partial charge in [0.15, 0.2) is 0 Å². The quantitative estimate of drug-likeness (QED) is 0.714. The maximum Gasteiger partial charge on any atom is 0.203 e. The first-order chi connectivity index (χ1) is 7.36. The molecule has 1 aromatic heterocycles. The third-order valence-electron chi connectivity index (χ3n) is 3.82. The third-order valence-corrected chi connectivity index (χ3v) is 4.08. The van der Waals surface area contributed by atoms with Crippen LogP contribution in [0.1, 0.15) is 56.0 Å². The fraction of sp³-hybridized carbons (Fsp3) is 0.750. The van der Waals surface area contributed by atoms with Crippen molar-refractivity contribution in [2.75, 3.05) is 0 Å². The zero-order valence-electron chi connectivity index (χ0n) is 9.01. The fourth-order valence-electron chi connectivity index (χ4n) is 3.08. The van der Waals surface area contributed by atoms with E-state index in [0.29, 0.717) is 6.04 Å². The van der Waals surface area contributed by atoms with Gasteiger partial charge in [-0.1, -0.05) is 19.3 Å². The van der Waals surface area contributed by atoms with Crippen molar-refractivity contribution < 1.29 is 0 Å². The van der Waals surface area contributed by atoms with Crippen molar-refractivity contribution in [3.05, 3.63) is 16.7 Å². The molecule has 3 rings (SSSR count). The zero-order chi connectivity index (χ0) is 10.3. The molecule has 1 heterocycles. The summed E-state index contributed by atoms with van der Waals surface area (Å²) in [5.41, 5.74) is 2.71. The van der Waals surface area contributed by atoms with E-state index in [2.05, 4.69) is 9.55 Å². The van der Waals surface area contributed by atoms with Gasteiger partial charge in [0.2, 0.25) is 5.28 Å². The third kappa shape index (κ3) is 1.59. The number of halogens is 1. The molecule has 0 bridgehead atoms. The number of rotatable bonds is 1. The van der Waals surface area contributed by atoms with Crippen molar-refractivity contribution in [3.63, 3.8) is 0 Å². The first-order valence-corrected chi connectivity index (χ1v) is 6.49. The van der Waals surface area contributed by atoms with Gasteiger partial charge in [-0.3, -0.25) is 0 Å². The molecule has 3 heteroatoms. The molecule has 0 unspecified atom stereocenters. The number of nitrogens with zero attached hydrogens (tertiary/aromatic N) is 2. The second-order valence-electron chi connectivity index (χ2n) is 4.79. The molecule has 0 aliphatic heterocycles. The summed E-state index contributed by atoms with van der Waals surface area (Å²) in [6.45, 7) is 0. The van der Waals surface area contributed by atoms with Crippen LogP contribution in [0.3, 0.4) is 0 Å². The van der Waals surface area contributed by atoms with Crippen molar-refractivity contribution in [2.24, 2.45) is 0 Å². The molecule has 0 aromatic carbocycles. The molecule has 2 aliphatic rings. The van der Waals surface area contributed by atoms with Crippen molar-refractivity contribution in [1.82, 2.24) is 9.55 Å². The van der Waals surface area contributed by atoms with E-state index >= 15 is 0 Å². The molecule has 1 aromatic rings. The maximum atomic E-state index is 6.25. The Kier molecular flexibility index (Phi) is 2.47. The summed E-state index contributed by atoms with van der Waals surface area (Å²) in [7, 11) is 0. The molecule has 0 spiro atoms. The lowest BCUT2D eigenvalue weighted by Gasteiger charge is -2.25. The molecule has 82 valence electrons. The van der Waals surface area contributed by atoms with E-state index in [1.807, 2.05) is 0 Å². The van der Waals surface area contributed by atoms with E-state index in [-0.39, 0.29) is 0 Å². The molecule has 1 saturated carbocycles. The Morgan fingerprint density at radius 1 is 1.07 bits per heavy atom. The normalized spacial score (nSPS) is 21.9. The monoisotopic (exact) mass is 224 g/mol. The van der Waals surface area contributed by atoms with Crippen LogP contribution in [0, 0.1) is 0 Å². The van der Waals surface area contributed by atoms with Crippen LogP contribution in [0.5, 0.6) is 0 Å².